The topological polar surface area (TPSA) is 156 Å². The van der Waals surface area contributed by atoms with Crippen molar-refractivity contribution in [2.24, 2.45) is 5.92 Å². The molecule has 0 radical (unpaired) electrons. The molecule has 5 N–H and O–H groups in total. The van der Waals surface area contributed by atoms with Crippen LogP contribution in [0.25, 0.3) is 0 Å². The number of nitrogen functional groups attached to an aromatic ring is 1. The Morgan fingerprint density at radius 1 is 1.13 bits per heavy atom. The molecule has 47 heavy (non-hydrogen) atoms. The summed E-state index contributed by atoms with van der Waals surface area (Å²) in [6.07, 6.45) is 2.39. The van der Waals surface area contributed by atoms with Crippen molar-refractivity contribution in [2.45, 2.75) is 63.2 Å². The Morgan fingerprint density at radius 3 is 2.53 bits per heavy atom. The number of aliphatic hydroxyl groups excluding tert-OH is 1. The molecule has 2 amide bonds. The highest BCUT2D eigenvalue weighted by molar-refractivity contribution is 9.10. The zero-order valence-electron chi connectivity index (χ0n) is 26.6. The number of aromatic nitrogens is 3. The summed E-state index contributed by atoms with van der Waals surface area (Å²) in [4.78, 5) is 40.7. The molecule has 11 nitrogen and oxygen atoms in total. The minimum atomic E-state index is -2.82. The first-order valence-corrected chi connectivity index (χ1v) is 19.5. The molecule has 13 heteroatoms. The number of nitrogens with two attached hydrogens (primary N) is 1. The van der Waals surface area contributed by atoms with E-state index in [9.17, 15) is 19.5 Å². The van der Waals surface area contributed by atoms with Crippen LogP contribution in [-0.4, -0.2) is 57.7 Å². The quantitative estimate of drug-likeness (QED) is 0.134. The van der Waals surface area contributed by atoms with Crippen LogP contribution in [0.3, 0.4) is 0 Å². The maximum atomic E-state index is 14.7. The summed E-state index contributed by atoms with van der Waals surface area (Å²) in [6, 6.07) is 20.0. The van der Waals surface area contributed by atoms with Crippen LogP contribution in [0, 0.1) is 5.92 Å². The van der Waals surface area contributed by atoms with E-state index in [0.29, 0.717) is 48.6 Å². The van der Waals surface area contributed by atoms with E-state index in [2.05, 4.69) is 31.6 Å². The van der Waals surface area contributed by atoms with Gasteiger partial charge in [-0.3, -0.25) is 14.3 Å². The van der Waals surface area contributed by atoms with Crippen molar-refractivity contribution in [3.63, 3.8) is 0 Å². The molecular weight excluding hydrogens is 680 g/mol. The highest BCUT2D eigenvalue weighted by Gasteiger charge is 2.66. The SMILES string of the molecule is C[C@@H]1[C@@H]([Si](C)(C)O)[C@H](CCn2cc(CCO)nn2)O[C@@]12C(=O)N(Cc1ccc(NC(=O)c3ccc(N)cc3)cc1)c1ccc(Br)cc12. The van der Waals surface area contributed by atoms with Gasteiger partial charge in [-0.1, -0.05) is 40.2 Å². The predicted molar refractivity (Wildman–Crippen MR) is 185 cm³/mol. The smallest absolute Gasteiger partial charge is 0.264 e. The van der Waals surface area contributed by atoms with E-state index in [1.54, 1.807) is 33.8 Å². The Labute approximate surface area is 283 Å². The average Bonchev–Trinajstić information content (AvgIpc) is 3.67. The van der Waals surface area contributed by atoms with E-state index in [0.717, 1.165) is 21.3 Å². The number of ether oxygens (including phenoxy) is 1. The van der Waals surface area contributed by atoms with Crippen molar-refractivity contribution in [2.75, 3.05) is 22.6 Å². The Kier molecular flexibility index (Phi) is 9.11. The van der Waals surface area contributed by atoms with Gasteiger partial charge in [0.2, 0.25) is 0 Å². The molecule has 1 spiro atoms. The number of halogens is 1. The monoisotopic (exact) mass is 718 g/mol. The van der Waals surface area contributed by atoms with E-state index in [1.165, 1.54) is 0 Å². The lowest BCUT2D eigenvalue weighted by molar-refractivity contribution is -0.146. The van der Waals surface area contributed by atoms with Gasteiger partial charge in [-0.25, -0.2) is 0 Å². The summed E-state index contributed by atoms with van der Waals surface area (Å²) in [5.41, 5.74) is 9.13. The molecule has 2 aliphatic rings. The Hall–Kier alpha value is -3.88. The van der Waals surface area contributed by atoms with Crippen LogP contribution in [0.1, 0.15) is 40.5 Å². The number of benzene rings is 3. The molecule has 0 saturated carbocycles. The number of aliphatic hydroxyl groups is 1. The first-order valence-electron chi connectivity index (χ1n) is 15.7. The zero-order chi connectivity index (χ0) is 33.5. The summed E-state index contributed by atoms with van der Waals surface area (Å²) in [7, 11) is -2.82. The number of hydrogen-bond donors (Lipinski definition) is 4. The van der Waals surface area contributed by atoms with Gasteiger partial charge in [-0.2, -0.15) is 0 Å². The number of carbonyl (C=O) groups excluding carboxylic acids is 2. The van der Waals surface area contributed by atoms with Crippen LogP contribution in [0.4, 0.5) is 17.1 Å². The van der Waals surface area contributed by atoms with E-state index in [1.807, 2.05) is 68.7 Å². The second kappa shape index (κ2) is 13.0. The molecule has 246 valence electrons. The Morgan fingerprint density at radius 2 is 1.85 bits per heavy atom. The van der Waals surface area contributed by atoms with Gasteiger partial charge in [0.25, 0.3) is 11.8 Å². The van der Waals surface area contributed by atoms with Crippen LogP contribution < -0.4 is 16.0 Å². The first-order chi connectivity index (χ1) is 22.4. The zero-order valence-corrected chi connectivity index (χ0v) is 29.1. The lowest BCUT2D eigenvalue weighted by Gasteiger charge is -2.32. The fourth-order valence-corrected chi connectivity index (χ4v) is 10.1. The number of amides is 2. The summed E-state index contributed by atoms with van der Waals surface area (Å²) in [5.74, 6) is -0.693. The van der Waals surface area contributed by atoms with Gasteiger partial charge in [0.15, 0.2) is 13.9 Å². The predicted octanol–water partition coefficient (Wildman–Crippen LogP) is 4.84. The Balaban J connectivity index is 1.25. The third-order valence-electron chi connectivity index (χ3n) is 9.27. The van der Waals surface area contributed by atoms with E-state index >= 15 is 0 Å². The lowest BCUT2D eigenvalue weighted by Crippen LogP contribution is -2.46. The second-order valence-corrected chi connectivity index (χ2v) is 17.8. The van der Waals surface area contributed by atoms with Crippen molar-refractivity contribution in [1.82, 2.24) is 15.0 Å². The normalized spacial score (nSPS) is 22.2. The standard InChI is InChI=1S/C34H39BrN6O5Si/c1-21-31(47(2,3)45)30(14-16-40-20-27(15-17-42)38-39-40)46-34(21)28-18-24(35)8-13-29(28)41(33(34)44)19-22-4-11-26(12-5-22)37-32(43)23-6-9-25(36)10-7-23/h4-13,18,20-21,30-31,42,45H,14-17,19,36H2,1-3H3,(H,37,43)/t21-,30+,31-,34+/m1/s1. The lowest BCUT2D eigenvalue weighted by atomic mass is 9.82. The minimum absolute atomic E-state index is 0.00432. The molecule has 3 aromatic carbocycles. The number of fused-ring (bicyclic) bond motifs is 2. The summed E-state index contributed by atoms with van der Waals surface area (Å²) >= 11 is 3.61. The van der Waals surface area contributed by atoms with Gasteiger partial charge in [0.1, 0.15) is 0 Å². The summed E-state index contributed by atoms with van der Waals surface area (Å²) in [5, 5.41) is 20.5. The summed E-state index contributed by atoms with van der Waals surface area (Å²) in [6.45, 7) is 6.64. The number of rotatable bonds is 10. The molecule has 0 aliphatic carbocycles. The van der Waals surface area contributed by atoms with Crippen molar-refractivity contribution in [3.05, 3.63) is 99.8 Å². The molecule has 1 aromatic heterocycles. The number of hydrogen-bond acceptors (Lipinski definition) is 8. The van der Waals surface area contributed by atoms with E-state index in [4.69, 9.17) is 10.5 Å². The van der Waals surface area contributed by atoms with Crippen LogP contribution in [0.15, 0.2) is 77.4 Å². The molecule has 4 atom stereocenters. The van der Waals surface area contributed by atoms with Gasteiger partial charge < -0.3 is 30.6 Å². The van der Waals surface area contributed by atoms with Crippen molar-refractivity contribution >= 4 is 53.1 Å². The van der Waals surface area contributed by atoms with Gasteiger partial charge in [-0.15, -0.1) is 5.10 Å². The number of anilines is 3. The highest BCUT2D eigenvalue weighted by Crippen LogP contribution is 2.60. The van der Waals surface area contributed by atoms with Crippen molar-refractivity contribution < 1.29 is 24.2 Å². The van der Waals surface area contributed by atoms with Gasteiger partial charge in [0, 0.05) is 64.2 Å². The fraction of sp³-hybridized carbons (Fsp3) is 0.353. The third kappa shape index (κ3) is 6.37. The van der Waals surface area contributed by atoms with Crippen LogP contribution >= 0.6 is 15.9 Å². The van der Waals surface area contributed by atoms with Gasteiger partial charge >= 0.3 is 0 Å². The van der Waals surface area contributed by atoms with E-state index in [-0.39, 0.29) is 36.0 Å². The minimum Gasteiger partial charge on any atom is -0.432 e. The molecule has 4 aromatic rings. The molecular formula is C34H39BrN6O5Si. The summed E-state index contributed by atoms with van der Waals surface area (Å²) < 4.78 is 9.48. The maximum absolute atomic E-state index is 14.7. The van der Waals surface area contributed by atoms with Crippen LogP contribution in [0.2, 0.25) is 18.6 Å². The third-order valence-corrected chi connectivity index (χ3v) is 12.3. The molecule has 0 bridgehead atoms. The fourth-order valence-electron chi connectivity index (χ4n) is 7.13. The van der Waals surface area contributed by atoms with Crippen LogP contribution in [0.5, 0.6) is 0 Å². The van der Waals surface area contributed by atoms with E-state index < -0.39 is 13.9 Å². The molecule has 2 aliphatic heterocycles. The first kappa shape index (κ1) is 33.0. The number of aryl methyl sites for hydroxylation is 1. The maximum Gasteiger partial charge on any atom is 0.264 e. The van der Waals surface area contributed by atoms with Crippen molar-refractivity contribution in [1.29, 1.82) is 0 Å². The highest BCUT2D eigenvalue weighted by atomic mass is 79.9. The molecule has 1 saturated heterocycles. The second-order valence-electron chi connectivity index (χ2n) is 12.9. The number of nitrogens with zero attached hydrogens (tertiary/aromatic N) is 4. The van der Waals surface area contributed by atoms with Gasteiger partial charge in [0.05, 0.1) is 24.0 Å². The molecule has 3 heterocycles. The molecule has 0 unspecified atom stereocenters. The molecule has 1 fully saturated rings. The van der Waals surface area contributed by atoms with Crippen molar-refractivity contribution in [3.8, 4) is 0 Å². The average molecular weight is 720 g/mol. The number of nitrogens with one attached hydrogen (secondary N) is 1. The van der Waals surface area contributed by atoms with Gasteiger partial charge in [-0.05, 0) is 79.7 Å². The Bertz CT molecular complexity index is 1780. The molecule has 6 rings (SSSR count). The largest absolute Gasteiger partial charge is 0.432 e. The number of carbonyl (C=O) groups is 2. The van der Waals surface area contributed by atoms with Crippen LogP contribution in [-0.2, 0) is 34.6 Å².